The van der Waals surface area contributed by atoms with Gasteiger partial charge in [-0.3, -0.25) is 9.59 Å². The third-order valence-electron chi connectivity index (χ3n) is 4.36. The second-order valence-electron chi connectivity index (χ2n) is 5.40. The van der Waals surface area contributed by atoms with Crippen molar-refractivity contribution in [1.82, 2.24) is 4.90 Å². The molecule has 0 aromatic heterocycles. The molecular weight excluding hydrogens is 256 g/mol. The predicted molar refractivity (Wildman–Crippen MR) is 74.4 cm³/mol. The van der Waals surface area contributed by atoms with E-state index in [-0.39, 0.29) is 18.4 Å². The number of carbonyl (C=O) groups is 2. The lowest BCUT2D eigenvalue weighted by Gasteiger charge is -2.37. The Hall–Kier alpha value is -1.88. The Morgan fingerprint density at radius 3 is 2.75 bits per heavy atom. The highest BCUT2D eigenvalue weighted by atomic mass is 16.5. The molecule has 0 radical (unpaired) electrons. The highest BCUT2D eigenvalue weighted by Crippen LogP contribution is 2.44. The van der Waals surface area contributed by atoms with Crippen LogP contribution in [0.25, 0.3) is 0 Å². The summed E-state index contributed by atoms with van der Waals surface area (Å²) in [6, 6.07) is 7.84. The molecule has 2 heterocycles. The van der Waals surface area contributed by atoms with Crippen LogP contribution in [0.5, 0.6) is 0 Å². The van der Waals surface area contributed by atoms with E-state index in [1.165, 1.54) is 7.11 Å². The van der Waals surface area contributed by atoms with Crippen LogP contribution in [-0.4, -0.2) is 43.5 Å². The Labute approximate surface area is 117 Å². The summed E-state index contributed by atoms with van der Waals surface area (Å²) in [5.74, 6) is 0.0616. The van der Waals surface area contributed by atoms with E-state index >= 15 is 0 Å². The Bertz CT molecular complexity index is 548. The van der Waals surface area contributed by atoms with E-state index in [4.69, 9.17) is 4.74 Å². The highest BCUT2D eigenvalue weighted by Gasteiger charge is 2.48. The second kappa shape index (κ2) is 4.90. The first-order valence-electron chi connectivity index (χ1n) is 6.85. The van der Waals surface area contributed by atoms with Crippen LogP contribution < -0.4 is 5.32 Å². The van der Waals surface area contributed by atoms with Crippen LogP contribution in [0.4, 0.5) is 5.69 Å². The molecule has 2 amide bonds. The Balaban J connectivity index is 1.80. The summed E-state index contributed by atoms with van der Waals surface area (Å²) in [7, 11) is 1.52. The highest BCUT2D eigenvalue weighted by molar-refractivity contribution is 6.06. The molecule has 0 saturated carbocycles. The van der Waals surface area contributed by atoms with Gasteiger partial charge in [0.1, 0.15) is 6.61 Å². The fraction of sp³-hybridized carbons (Fsp3) is 0.467. The number of para-hydroxylation sites is 1. The lowest BCUT2D eigenvalue weighted by molar-refractivity contribution is -0.138. The first-order valence-corrected chi connectivity index (χ1v) is 6.85. The van der Waals surface area contributed by atoms with Crippen molar-refractivity contribution < 1.29 is 14.3 Å². The molecular formula is C15H18N2O3. The number of nitrogens with zero attached hydrogens (tertiary/aromatic N) is 1. The van der Waals surface area contributed by atoms with Crippen LogP contribution in [0, 0.1) is 0 Å². The molecule has 1 fully saturated rings. The fourth-order valence-electron chi connectivity index (χ4n) is 3.22. The normalized spacial score (nSPS) is 19.9. The van der Waals surface area contributed by atoms with Crippen LogP contribution in [0.3, 0.4) is 0 Å². The van der Waals surface area contributed by atoms with Gasteiger partial charge in [-0.1, -0.05) is 18.2 Å². The van der Waals surface area contributed by atoms with Crippen LogP contribution in [-0.2, 0) is 19.7 Å². The van der Waals surface area contributed by atoms with Gasteiger partial charge < -0.3 is 15.0 Å². The number of anilines is 1. The van der Waals surface area contributed by atoms with E-state index < -0.39 is 5.41 Å². The number of piperidine rings is 1. The van der Waals surface area contributed by atoms with Crippen molar-refractivity contribution in [2.45, 2.75) is 18.3 Å². The maximum absolute atomic E-state index is 12.4. The number of rotatable bonds is 2. The number of fused-ring (bicyclic) bond motifs is 2. The van der Waals surface area contributed by atoms with Gasteiger partial charge in [0, 0.05) is 25.9 Å². The van der Waals surface area contributed by atoms with Gasteiger partial charge in [-0.2, -0.15) is 0 Å². The molecule has 1 aromatic carbocycles. The maximum atomic E-state index is 12.4. The lowest BCUT2D eigenvalue weighted by Crippen LogP contribution is -2.49. The summed E-state index contributed by atoms with van der Waals surface area (Å²) < 4.78 is 4.88. The van der Waals surface area contributed by atoms with Crippen molar-refractivity contribution in [3.8, 4) is 0 Å². The largest absolute Gasteiger partial charge is 0.375 e. The molecule has 1 aromatic rings. The summed E-state index contributed by atoms with van der Waals surface area (Å²) in [5, 5.41) is 2.96. The number of nitrogens with one attached hydrogen (secondary N) is 1. The number of hydrogen-bond donors (Lipinski definition) is 1. The summed E-state index contributed by atoms with van der Waals surface area (Å²) in [4.78, 5) is 26.0. The average Bonchev–Trinajstić information content (AvgIpc) is 2.73. The molecule has 20 heavy (non-hydrogen) atoms. The van der Waals surface area contributed by atoms with E-state index in [1.807, 2.05) is 24.3 Å². The number of benzene rings is 1. The van der Waals surface area contributed by atoms with E-state index in [0.717, 1.165) is 11.3 Å². The molecule has 5 heteroatoms. The maximum Gasteiger partial charge on any atom is 0.248 e. The van der Waals surface area contributed by atoms with Gasteiger partial charge in [0.25, 0.3) is 0 Å². The van der Waals surface area contributed by atoms with E-state index in [2.05, 4.69) is 5.32 Å². The van der Waals surface area contributed by atoms with Gasteiger partial charge in [-0.15, -0.1) is 0 Å². The van der Waals surface area contributed by atoms with Gasteiger partial charge in [0.05, 0.1) is 5.41 Å². The molecule has 1 N–H and O–H groups in total. The number of ether oxygens (including phenoxy) is 1. The molecule has 2 aliphatic heterocycles. The SMILES string of the molecule is COCC(=O)N1CCC2(CC1)C(=O)Nc1ccccc12. The van der Waals surface area contributed by atoms with E-state index in [0.29, 0.717) is 25.9 Å². The summed E-state index contributed by atoms with van der Waals surface area (Å²) in [5.41, 5.74) is 1.53. The second-order valence-corrected chi connectivity index (χ2v) is 5.40. The molecule has 0 atom stereocenters. The predicted octanol–water partition coefficient (Wildman–Crippen LogP) is 1.15. The van der Waals surface area contributed by atoms with Crippen LogP contribution in [0.15, 0.2) is 24.3 Å². The minimum atomic E-state index is -0.458. The monoisotopic (exact) mass is 274 g/mol. The lowest BCUT2D eigenvalue weighted by atomic mass is 9.73. The number of hydrogen-bond acceptors (Lipinski definition) is 3. The number of carbonyl (C=O) groups excluding carboxylic acids is 2. The van der Waals surface area contributed by atoms with Crippen molar-refractivity contribution >= 4 is 17.5 Å². The first kappa shape index (κ1) is 13.1. The number of amides is 2. The van der Waals surface area contributed by atoms with Gasteiger partial charge in [0.15, 0.2) is 0 Å². The zero-order valence-corrected chi connectivity index (χ0v) is 11.5. The van der Waals surface area contributed by atoms with Crippen molar-refractivity contribution in [1.29, 1.82) is 0 Å². The number of likely N-dealkylation sites (tertiary alicyclic amines) is 1. The first-order chi connectivity index (χ1) is 9.67. The topological polar surface area (TPSA) is 58.6 Å². The minimum Gasteiger partial charge on any atom is -0.375 e. The standard InChI is InChI=1S/C15H18N2O3/c1-20-10-13(18)17-8-6-15(7-9-17)11-4-2-3-5-12(11)16-14(15)19/h2-5H,6-10H2,1H3,(H,16,19). The Morgan fingerprint density at radius 2 is 2.05 bits per heavy atom. The molecule has 0 unspecified atom stereocenters. The van der Waals surface area contributed by atoms with Gasteiger partial charge >= 0.3 is 0 Å². The molecule has 0 aliphatic carbocycles. The van der Waals surface area contributed by atoms with Crippen molar-refractivity contribution in [2.75, 3.05) is 32.1 Å². The van der Waals surface area contributed by atoms with Gasteiger partial charge in [-0.25, -0.2) is 0 Å². The van der Waals surface area contributed by atoms with Crippen LogP contribution >= 0.6 is 0 Å². The molecule has 0 bridgehead atoms. The van der Waals surface area contributed by atoms with Crippen molar-refractivity contribution in [3.63, 3.8) is 0 Å². The summed E-state index contributed by atoms with van der Waals surface area (Å²) in [6.45, 7) is 1.31. The quantitative estimate of drug-likeness (QED) is 0.880. The van der Waals surface area contributed by atoms with Crippen LogP contribution in [0.2, 0.25) is 0 Å². The molecule has 106 valence electrons. The third-order valence-corrected chi connectivity index (χ3v) is 4.36. The Kier molecular flexibility index (Phi) is 3.22. The minimum absolute atomic E-state index is 0.00552. The smallest absolute Gasteiger partial charge is 0.248 e. The average molecular weight is 274 g/mol. The third kappa shape index (κ3) is 1.89. The van der Waals surface area contributed by atoms with E-state index in [1.54, 1.807) is 4.90 Å². The van der Waals surface area contributed by atoms with Gasteiger partial charge in [0.2, 0.25) is 11.8 Å². The number of methoxy groups -OCH3 is 1. The molecule has 1 saturated heterocycles. The molecule has 3 rings (SSSR count). The van der Waals surface area contributed by atoms with Crippen molar-refractivity contribution in [3.05, 3.63) is 29.8 Å². The fourth-order valence-corrected chi connectivity index (χ4v) is 3.22. The molecule has 5 nitrogen and oxygen atoms in total. The molecule has 2 aliphatic rings. The Morgan fingerprint density at radius 1 is 1.35 bits per heavy atom. The van der Waals surface area contributed by atoms with Gasteiger partial charge in [-0.05, 0) is 24.5 Å². The summed E-state index contributed by atoms with van der Waals surface area (Å²) in [6.07, 6.45) is 1.34. The zero-order chi connectivity index (χ0) is 14.2. The molecule has 1 spiro atoms. The van der Waals surface area contributed by atoms with Crippen molar-refractivity contribution in [2.24, 2.45) is 0 Å². The van der Waals surface area contributed by atoms with E-state index in [9.17, 15) is 9.59 Å². The van der Waals surface area contributed by atoms with Crippen LogP contribution in [0.1, 0.15) is 18.4 Å². The summed E-state index contributed by atoms with van der Waals surface area (Å²) >= 11 is 0. The zero-order valence-electron chi connectivity index (χ0n) is 11.5.